The third-order valence-electron chi connectivity index (χ3n) is 3.09. The Labute approximate surface area is 130 Å². The van der Waals surface area contributed by atoms with Gasteiger partial charge in [-0.25, -0.2) is 13.8 Å². The molecule has 0 radical (unpaired) electrons. The molecule has 6 heteroatoms. The summed E-state index contributed by atoms with van der Waals surface area (Å²) in [6.07, 6.45) is -0.867. The molecule has 0 bridgehead atoms. The molecule has 1 heterocycles. The maximum atomic E-state index is 12.0. The molecule has 0 amide bonds. The van der Waals surface area contributed by atoms with E-state index < -0.39 is 13.0 Å². The van der Waals surface area contributed by atoms with Crippen LogP contribution in [0, 0.1) is 0 Å². The first kappa shape index (κ1) is 18.5. The van der Waals surface area contributed by atoms with Crippen LogP contribution in [0.3, 0.4) is 0 Å². The molecule has 122 valence electrons. The fourth-order valence-electron chi connectivity index (χ4n) is 1.92. The highest BCUT2D eigenvalue weighted by molar-refractivity contribution is 7.09. The third kappa shape index (κ3) is 7.29. The number of nitrogens with one attached hydrogen (secondary N) is 1. The van der Waals surface area contributed by atoms with Gasteiger partial charge in [0.1, 0.15) is 6.61 Å². The number of thiazole rings is 1. The van der Waals surface area contributed by atoms with Gasteiger partial charge in [0.2, 0.25) is 0 Å². The molecular formula is C15H26F2N2OS. The number of halogens is 2. The first-order chi connectivity index (χ1) is 9.82. The predicted molar refractivity (Wildman–Crippen MR) is 83.4 cm³/mol. The molecule has 0 aliphatic heterocycles. The molecule has 1 unspecified atom stereocenters. The van der Waals surface area contributed by atoms with Crippen LogP contribution in [0.25, 0.3) is 0 Å². The third-order valence-corrected chi connectivity index (χ3v) is 3.96. The maximum Gasteiger partial charge on any atom is 0.261 e. The van der Waals surface area contributed by atoms with Gasteiger partial charge in [0.15, 0.2) is 0 Å². The van der Waals surface area contributed by atoms with Crippen LogP contribution in [0.2, 0.25) is 0 Å². The molecule has 0 fully saturated rings. The quantitative estimate of drug-likeness (QED) is 0.706. The van der Waals surface area contributed by atoms with Gasteiger partial charge in [0.25, 0.3) is 6.43 Å². The van der Waals surface area contributed by atoms with Crippen molar-refractivity contribution in [3.63, 3.8) is 0 Å². The van der Waals surface area contributed by atoms with Gasteiger partial charge in [-0.15, -0.1) is 11.3 Å². The molecule has 1 atom stereocenters. The summed E-state index contributed by atoms with van der Waals surface area (Å²) in [4.78, 5) is 4.68. The number of hydrogen-bond acceptors (Lipinski definition) is 4. The number of ether oxygens (including phenoxy) is 1. The summed E-state index contributed by atoms with van der Waals surface area (Å²) in [6, 6.07) is 0.214. The van der Waals surface area contributed by atoms with Gasteiger partial charge in [-0.1, -0.05) is 27.7 Å². The molecule has 0 aromatic carbocycles. The van der Waals surface area contributed by atoms with Crippen LogP contribution < -0.4 is 5.32 Å². The van der Waals surface area contributed by atoms with Crippen molar-refractivity contribution < 1.29 is 13.5 Å². The van der Waals surface area contributed by atoms with Crippen molar-refractivity contribution >= 4 is 11.3 Å². The van der Waals surface area contributed by atoms with Crippen LogP contribution in [0.5, 0.6) is 0 Å². The van der Waals surface area contributed by atoms with Crippen molar-refractivity contribution in [1.29, 1.82) is 0 Å². The second-order valence-corrected chi connectivity index (χ2v) is 7.03. The monoisotopic (exact) mass is 320 g/mol. The number of rotatable bonds is 9. The van der Waals surface area contributed by atoms with Gasteiger partial charge < -0.3 is 10.1 Å². The summed E-state index contributed by atoms with van der Waals surface area (Å²) >= 11 is 1.66. The topological polar surface area (TPSA) is 34.1 Å². The van der Waals surface area contributed by atoms with Crippen LogP contribution >= 0.6 is 11.3 Å². The SMILES string of the molecule is CCNC(CCOCC(F)F)Cc1nc(C(C)(C)C)cs1. The lowest BCUT2D eigenvalue weighted by Crippen LogP contribution is -2.32. The zero-order valence-corrected chi connectivity index (χ0v) is 14.1. The van der Waals surface area contributed by atoms with E-state index in [0.29, 0.717) is 13.0 Å². The molecule has 0 saturated heterocycles. The normalized spacial score (nSPS) is 13.9. The number of alkyl halides is 2. The fourth-order valence-corrected chi connectivity index (χ4v) is 3.03. The highest BCUT2D eigenvalue weighted by Gasteiger charge is 2.19. The Balaban J connectivity index is 2.48. The van der Waals surface area contributed by atoms with Crippen molar-refractivity contribution in [2.45, 2.75) is 58.4 Å². The van der Waals surface area contributed by atoms with Crippen LogP contribution in [0.15, 0.2) is 5.38 Å². The minimum absolute atomic E-state index is 0.0583. The molecule has 1 aromatic heterocycles. The molecule has 21 heavy (non-hydrogen) atoms. The van der Waals surface area contributed by atoms with Gasteiger partial charge in [-0.05, 0) is 13.0 Å². The van der Waals surface area contributed by atoms with E-state index in [4.69, 9.17) is 4.74 Å². The predicted octanol–water partition coefficient (Wildman–Crippen LogP) is 3.63. The molecule has 1 aromatic rings. The van der Waals surface area contributed by atoms with Crippen molar-refractivity contribution in [1.82, 2.24) is 10.3 Å². The first-order valence-corrected chi connectivity index (χ1v) is 8.25. The van der Waals surface area contributed by atoms with E-state index in [-0.39, 0.29) is 11.5 Å². The molecule has 0 aliphatic carbocycles. The van der Waals surface area contributed by atoms with Gasteiger partial charge in [-0.3, -0.25) is 0 Å². The average Bonchev–Trinajstić information content (AvgIpc) is 2.83. The molecule has 0 spiro atoms. The molecule has 0 saturated carbocycles. The number of likely N-dealkylation sites (N-methyl/N-ethyl adjacent to an activating group) is 1. The van der Waals surface area contributed by atoms with Crippen molar-refractivity contribution in [3.05, 3.63) is 16.1 Å². The Hall–Kier alpha value is -0.590. The summed E-state index contributed by atoms with van der Waals surface area (Å²) in [5.74, 6) is 0. The summed E-state index contributed by atoms with van der Waals surface area (Å²) in [7, 11) is 0. The van der Waals surface area contributed by atoms with Crippen molar-refractivity contribution in [2.75, 3.05) is 19.8 Å². The lowest BCUT2D eigenvalue weighted by Gasteiger charge is -2.17. The Kier molecular flexibility index (Phi) is 7.70. The smallest absolute Gasteiger partial charge is 0.261 e. The molecule has 3 nitrogen and oxygen atoms in total. The van der Waals surface area contributed by atoms with E-state index in [0.717, 1.165) is 23.7 Å². The first-order valence-electron chi connectivity index (χ1n) is 7.37. The Morgan fingerprint density at radius 3 is 2.62 bits per heavy atom. The van der Waals surface area contributed by atoms with Gasteiger partial charge in [0.05, 0.1) is 10.7 Å². The van der Waals surface area contributed by atoms with Crippen LogP contribution in [-0.4, -0.2) is 37.2 Å². The fraction of sp³-hybridized carbons (Fsp3) is 0.800. The maximum absolute atomic E-state index is 12.0. The van der Waals surface area contributed by atoms with E-state index in [1.807, 2.05) is 6.92 Å². The minimum atomic E-state index is -2.39. The Morgan fingerprint density at radius 1 is 1.38 bits per heavy atom. The highest BCUT2D eigenvalue weighted by Crippen LogP contribution is 2.24. The van der Waals surface area contributed by atoms with Crippen LogP contribution in [-0.2, 0) is 16.6 Å². The number of aromatic nitrogens is 1. The van der Waals surface area contributed by atoms with E-state index in [1.165, 1.54) is 0 Å². The number of hydrogen-bond donors (Lipinski definition) is 1. The van der Waals surface area contributed by atoms with Crippen molar-refractivity contribution in [3.8, 4) is 0 Å². The van der Waals surface area contributed by atoms with E-state index in [2.05, 4.69) is 36.5 Å². The van der Waals surface area contributed by atoms with Gasteiger partial charge in [0, 0.05) is 29.9 Å². The molecule has 0 aliphatic rings. The Morgan fingerprint density at radius 2 is 2.10 bits per heavy atom. The molecule has 1 N–H and O–H groups in total. The second-order valence-electron chi connectivity index (χ2n) is 6.09. The number of nitrogens with zero attached hydrogens (tertiary/aromatic N) is 1. The summed E-state index contributed by atoms with van der Waals surface area (Å²) in [5.41, 5.74) is 1.16. The largest absolute Gasteiger partial charge is 0.375 e. The molecular weight excluding hydrogens is 294 g/mol. The summed E-state index contributed by atoms with van der Waals surface area (Å²) in [5, 5.41) is 6.55. The lowest BCUT2D eigenvalue weighted by atomic mass is 9.93. The zero-order chi connectivity index (χ0) is 15.9. The van der Waals surface area contributed by atoms with Gasteiger partial charge in [-0.2, -0.15) is 0 Å². The standard InChI is InChI=1S/C15H26F2N2OS/c1-5-18-11(6-7-20-9-13(16)17)8-14-19-12(10-21-14)15(2,3)4/h10-11,13,18H,5-9H2,1-4H3. The highest BCUT2D eigenvalue weighted by atomic mass is 32.1. The molecule has 1 rings (SSSR count). The van der Waals surface area contributed by atoms with E-state index in [1.54, 1.807) is 11.3 Å². The second kappa shape index (κ2) is 8.76. The van der Waals surface area contributed by atoms with E-state index >= 15 is 0 Å². The van der Waals surface area contributed by atoms with E-state index in [9.17, 15) is 8.78 Å². The zero-order valence-electron chi connectivity index (χ0n) is 13.3. The summed E-state index contributed by atoms with van der Waals surface area (Å²) in [6.45, 7) is 9.18. The average molecular weight is 320 g/mol. The van der Waals surface area contributed by atoms with Crippen LogP contribution in [0.4, 0.5) is 8.78 Å². The van der Waals surface area contributed by atoms with Gasteiger partial charge >= 0.3 is 0 Å². The van der Waals surface area contributed by atoms with Crippen molar-refractivity contribution in [2.24, 2.45) is 0 Å². The summed E-state index contributed by atoms with van der Waals surface area (Å²) < 4.78 is 29.0. The Bertz CT molecular complexity index is 405. The van der Waals surface area contributed by atoms with Crippen LogP contribution in [0.1, 0.15) is 44.8 Å². The lowest BCUT2D eigenvalue weighted by molar-refractivity contribution is 0.0144. The minimum Gasteiger partial charge on any atom is -0.375 e.